The van der Waals surface area contributed by atoms with Crippen LogP contribution in [0.5, 0.6) is 0 Å². The maximum absolute atomic E-state index is 11.8. The number of carbonyl (C=O) groups excluding carboxylic acids is 4. The van der Waals surface area contributed by atoms with Crippen molar-refractivity contribution < 1.29 is 47.6 Å². The molecule has 0 N–H and O–H groups in total. The van der Waals surface area contributed by atoms with Crippen LogP contribution in [0.1, 0.15) is 40.5 Å². The Morgan fingerprint density at radius 2 is 1.55 bits per heavy atom. The molecular formula is C23H30O10. The summed E-state index contributed by atoms with van der Waals surface area (Å²) in [4.78, 5) is 46.7. The second-order valence-electron chi connectivity index (χ2n) is 9.46. The van der Waals surface area contributed by atoms with E-state index in [2.05, 4.69) is 0 Å². The molecule has 1 spiro atoms. The van der Waals surface area contributed by atoms with E-state index < -0.39 is 41.2 Å². The third kappa shape index (κ3) is 4.45. The highest BCUT2D eigenvalue weighted by Gasteiger charge is 2.76. The molecular weight excluding hydrogens is 436 g/mol. The lowest BCUT2D eigenvalue weighted by atomic mass is 9.71. The molecule has 33 heavy (non-hydrogen) atoms. The van der Waals surface area contributed by atoms with Gasteiger partial charge >= 0.3 is 23.9 Å². The van der Waals surface area contributed by atoms with Gasteiger partial charge in [-0.15, -0.1) is 0 Å². The van der Waals surface area contributed by atoms with Crippen molar-refractivity contribution in [3.63, 3.8) is 0 Å². The summed E-state index contributed by atoms with van der Waals surface area (Å²) in [5, 5.41) is 0. The second-order valence-corrected chi connectivity index (χ2v) is 9.46. The molecule has 0 radical (unpaired) electrons. The molecule has 0 aromatic rings. The summed E-state index contributed by atoms with van der Waals surface area (Å²) in [7, 11) is 0. The fraction of sp³-hybridized carbons (Fsp3) is 0.739. The van der Waals surface area contributed by atoms with Crippen LogP contribution >= 0.6 is 0 Å². The molecule has 182 valence electrons. The van der Waals surface area contributed by atoms with E-state index >= 15 is 0 Å². The zero-order valence-corrected chi connectivity index (χ0v) is 19.3. The first-order chi connectivity index (χ1) is 15.6. The third-order valence-corrected chi connectivity index (χ3v) is 7.39. The fourth-order valence-corrected chi connectivity index (χ4v) is 5.93. The molecule has 2 heterocycles. The van der Waals surface area contributed by atoms with E-state index in [0.29, 0.717) is 13.0 Å². The van der Waals surface area contributed by atoms with Crippen molar-refractivity contribution in [3.05, 3.63) is 11.8 Å². The van der Waals surface area contributed by atoms with Crippen LogP contribution in [0.3, 0.4) is 0 Å². The average Bonchev–Trinajstić information content (AvgIpc) is 3.62. The number of rotatable bonds is 7. The maximum Gasteiger partial charge on any atom is 0.305 e. The Balaban J connectivity index is 1.72. The van der Waals surface area contributed by atoms with Crippen LogP contribution in [-0.2, 0) is 47.6 Å². The maximum atomic E-state index is 11.8. The van der Waals surface area contributed by atoms with Crippen molar-refractivity contribution in [2.45, 2.75) is 52.4 Å². The first kappa shape index (κ1) is 23.5. The van der Waals surface area contributed by atoms with E-state index in [1.54, 1.807) is 0 Å². The standard InChI is InChI=1S/C23H30O10/c1-12(24)28-7-16-8-29-21(33-15(4)27)20-18(16)19-17(5-6-23(20)11-32-23)22(19,9-30-13(2)25)10-31-14(3)26/h8,17-21H,5-7,9-11H2,1-4H3/t17-,18+,19-,20-,21+,23+/m0/s1. The van der Waals surface area contributed by atoms with Crippen LogP contribution in [0, 0.1) is 29.1 Å². The minimum absolute atomic E-state index is 0.0137. The normalized spacial score (nSPS) is 34.9. The zero-order valence-electron chi connectivity index (χ0n) is 19.3. The molecule has 2 aliphatic carbocycles. The number of epoxide rings is 1. The van der Waals surface area contributed by atoms with E-state index in [1.165, 1.54) is 34.0 Å². The van der Waals surface area contributed by atoms with E-state index in [0.717, 1.165) is 12.0 Å². The highest BCUT2D eigenvalue weighted by molar-refractivity contribution is 5.67. The number of hydrogen-bond acceptors (Lipinski definition) is 10. The number of ether oxygens (including phenoxy) is 6. The Kier molecular flexibility index (Phi) is 6.15. The molecule has 4 rings (SSSR count). The highest BCUT2D eigenvalue weighted by atomic mass is 16.7. The summed E-state index contributed by atoms with van der Waals surface area (Å²) < 4.78 is 33.4. The molecule has 10 nitrogen and oxygen atoms in total. The average molecular weight is 466 g/mol. The fourth-order valence-electron chi connectivity index (χ4n) is 5.93. The highest BCUT2D eigenvalue weighted by Crippen LogP contribution is 2.72. The molecule has 6 atom stereocenters. The Labute approximate surface area is 191 Å². The van der Waals surface area contributed by atoms with E-state index in [-0.39, 0.29) is 43.5 Å². The van der Waals surface area contributed by atoms with Crippen molar-refractivity contribution in [1.82, 2.24) is 0 Å². The number of hydrogen-bond donors (Lipinski definition) is 0. The molecule has 0 unspecified atom stereocenters. The van der Waals surface area contributed by atoms with Crippen molar-refractivity contribution in [3.8, 4) is 0 Å². The first-order valence-corrected chi connectivity index (χ1v) is 11.2. The molecule has 2 aliphatic heterocycles. The monoisotopic (exact) mass is 466 g/mol. The quantitative estimate of drug-likeness (QED) is 0.309. The van der Waals surface area contributed by atoms with Gasteiger partial charge < -0.3 is 28.4 Å². The molecule has 2 saturated carbocycles. The number of fused-ring (bicyclic) bond motifs is 4. The van der Waals surface area contributed by atoms with Gasteiger partial charge in [0, 0.05) is 44.6 Å². The van der Waals surface area contributed by atoms with Crippen LogP contribution in [-0.4, -0.2) is 62.2 Å². The van der Waals surface area contributed by atoms with Gasteiger partial charge in [0.1, 0.15) is 25.4 Å². The lowest BCUT2D eigenvalue weighted by molar-refractivity contribution is -0.193. The van der Waals surface area contributed by atoms with Crippen LogP contribution in [0.2, 0.25) is 0 Å². The summed E-state index contributed by atoms with van der Waals surface area (Å²) in [5.41, 5.74) is -0.370. The SMILES string of the molecule is CC(=O)OCC1=CO[C@H](OC(C)=O)[C@@H]2[C@H]1[C@@H]1[C@H](CC[C@@]23CO3)C1(COC(C)=O)COC(C)=O. The summed E-state index contributed by atoms with van der Waals surface area (Å²) in [5.74, 6) is -2.34. The molecule has 3 fully saturated rings. The molecule has 4 aliphatic rings. The molecule has 0 aromatic heterocycles. The lowest BCUT2D eigenvalue weighted by Crippen LogP contribution is -2.48. The van der Waals surface area contributed by atoms with Crippen LogP contribution < -0.4 is 0 Å². The molecule has 10 heteroatoms. The smallest absolute Gasteiger partial charge is 0.305 e. The Morgan fingerprint density at radius 3 is 2.06 bits per heavy atom. The van der Waals surface area contributed by atoms with Gasteiger partial charge in [0.15, 0.2) is 0 Å². The predicted octanol–water partition coefficient (Wildman–Crippen LogP) is 1.51. The molecule has 1 saturated heterocycles. The lowest BCUT2D eigenvalue weighted by Gasteiger charge is -2.41. The number of carbonyl (C=O) groups is 4. The van der Waals surface area contributed by atoms with Gasteiger partial charge in [0.25, 0.3) is 0 Å². The van der Waals surface area contributed by atoms with Gasteiger partial charge in [-0.05, 0) is 24.7 Å². The summed E-state index contributed by atoms with van der Waals surface area (Å²) >= 11 is 0. The van der Waals surface area contributed by atoms with E-state index in [4.69, 9.17) is 28.4 Å². The molecule has 0 aromatic carbocycles. The van der Waals surface area contributed by atoms with Crippen LogP contribution in [0.15, 0.2) is 11.8 Å². The van der Waals surface area contributed by atoms with Crippen LogP contribution in [0.4, 0.5) is 0 Å². The Morgan fingerprint density at radius 1 is 0.939 bits per heavy atom. The Hall–Kier alpha value is -2.62. The minimum atomic E-state index is -0.865. The third-order valence-electron chi connectivity index (χ3n) is 7.39. The minimum Gasteiger partial charge on any atom is -0.465 e. The van der Waals surface area contributed by atoms with Gasteiger partial charge in [0.2, 0.25) is 6.29 Å². The zero-order chi connectivity index (χ0) is 24.0. The van der Waals surface area contributed by atoms with Gasteiger partial charge in [0.05, 0.1) is 18.8 Å². The molecule has 0 amide bonds. The number of esters is 4. The van der Waals surface area contributed by atoms with Crippen LogP contribution in [0.25, 0.3) is 0 Å². The predicted molar refractivity (Wildman–Crippen MR) is 109 cm³/mol. The van der Waals surface area contributed by atoms with Gasteiger partial charge in [-0.2, -0.15) is 0 Å². The van der Waals surface area contributed by atoms with Gasteiger partial charge in [-0.1, -0.05) is 0 Å². The molecule has 0 bridgehead atoms. The summed E-state index contributed by atoms with van der Waals surface area (Å²) in [6.07, 6.45) is 2.08. The van der Waals surface area contributed by atoms with E-state index in [9.17, 15) is 19.2 Å². The van der Waals surface area contributed by atoms with Gasteiger partial charge in [-0.3, -0.25) is 19.2 Å². The summed E-state index contributed by atoms with van der Waals surface area (Å²) in [6, 6.07) is 0. The first-order valence-electron chi connectivity index (χ1n) is 11.2. The van der Waals surface area contributed by atoms with Gasteiger partial charge in [-0.25, -0.2) is 0 Å². The van der Waals surface area contributed by atoms with Crippen molar-refractivity contribution in [2.75, 3.05) is 26.4 Å². The van der Waals surface area contributed by atoms with E-state index in [1.807, 2.05) is 0 Å². The van der Waals surface area contributed by atoms with Crippen molar-refractivity contribution in [1.29, 1.82) is 0 Å². The van der Waals surface area contributed by atoms with Crippen molar-refractivity contribution >= 4 is 23.9 Å². The Bertz CT molecular complexity index is 854. The summed E-state index contributed by atoms with van der Waals surface area (Å²) in [6.45, 7) is 6.04. The topological polar surface area (TPSA) is 127 Å². The largest absolute Gasteiger partial charge is 0.465 e. The van der Waals surface area contributed by atoms with Crippen molar-refractivity contribution in [2.24, 2.45) is 29.1 Å². The second kappa shape index (κ2) is 8.62.